The molecule has 0 saturated carbocycles. The first-order valence-electron chi connectivity index (χ1n) is 5.08. The normalized spacial score (nSPS) is 10.8. The van der Waals surface area contributed by atoms with Gasteiger partial charge in [0.05, 0.1) is 5.69 Å². The molecule has 0 bridgehead atoms. The van der Waals surface area contributed by atoms with Gasteiger partial charge in [0.1, 0.15) is 5.82 Å². The minimum absolute atomic E-state index is 0.546. The van der Waals surface area contributed by atoms with E-state index in [0.717, 1.165) is 15.9 Å². The van der Waals surface area contributed by atoms with Crippen LogP contribution in [0.4, 0.5) is 5.82 Å². The first-order valence-corrected chi connectivity index (χ1v) is 5.87. The molecule has 0 spiro atoms. The molecule has 1 heterocycles. The fraction of sp³-hybridized carbons (Fsp3) is 0.250. The second-order valence-corrected chi connectivity index (χ2v) is 4.89. The SMILES string of the molecule is Cc1cc(C)c(-n2nc(N)cc2C)c(Br)c1. The van der Waals surface area contributed by atoms with Gasteiger partial charge >= 0.3 is 0 Å². The van der Waals surface area contributed by atoms with Crippen molar-refractivity contribution in [3.63, 3.8) is 0 Å². The molecule has 1 aromatic carbocycles. The second-order valence-electron chi connectivity index (χ2n) is 4.03. The maximum absolute atomic E-state index is 5.70. The highest BCUT2D eigenvalue weighted by Gasteiger charge is 2.11. The van der Waals surface area contributed by atoms with Gasteiger partial charge in [-0.15, -0.1) is 0 Å². The molecule has 2 N–H and O–H groups in total. The van der Waals surface area contributed by atoms with Crippen molar-refractivity contribution in [3.8, 4) is 5.69 Å². The maximum Gasteiger partial charge on any atom is 0.146 e. The maximum atomic E-state index is 5.70. The van der Waals surface area contributed by atoms with Crippen molar-refractivity contribution in [1.29, 1.82) is 0 Å². The smallest absolute Gasteiger partial charge is 0.146 e. The van der Waals surface area contributed by atoms with E-state index in [1.165, 1.54) is 11.1 Å². The van der Waals surface area contributed by atoms with Crippen molar-refractivity contribution < 1.29 is 0 Å². The Hall–Kier alpha value is -1.29. The number of aryl methyl sites for hydroxylation is 3. The van der Waals surface area contributed by atoms with Crippen LogP contribution < -0.4 is 5.73 Å². The van der Waals surface area contributed by atoms with E-state index in [1.54, 1.807) is 0 Å². The van der Waals surface area contributed by atoms with Crippen LogP contribution in [0.25, 0.3) is 5.69 Å². The first-order chi connectivity index (χ1) is 7.49. The number of halogens is 1. The Morgan fingerprint density at radius 2 is 1.88 bits per heavy atom. The number of hydrogen-bond donors (Lipinski definition) is 1. The lowest BCUT2D eigenvalue weighted by Crippen LogP contribution is -2.03. The van der Waals surface area contributed by atoms with Gasteiger partial charge in [0, 0.05) is 16.2 Å². The first kappa shape index (κ1) is 11.2. The lowest BCUT2D eigenvalue weighted by Gasteiger charge is -2.11. The quantitative estimate of drug-likeness (QED) is 0.872. The minimum Gasteiger partial charge on any atom is -0.382 e. The van der Waals surface area contributed by atoms with Gasteiger partial charge in [-0.05, 0) is 53.9 Å². The van der Waals surface area contributed by atoms with Crippen molar-refractivity contribution >= 4 is 21.7 Å². The average molecular weight is 280 g/mol. The summed E-state index contributed by atoms with van der Waals surface area (Å²) in [5, 5.41) is 4.30. The molecule has 0 aliphatic heterocycles. The van der Waals surface area contributed by atoms with Crippen LogP contribution in [0.15, 0.2) is 22.7 Å². The molecule has 16 heavy (non-hydrogen) atoms. The van der Waals surface area contributed by atoms with E-state index in [0.29, 0.717) is 5.82 Å². The fourth-order valence-electron chi connectivity index (χ4n) is 1.90. The number of rotatable bonds is 1. The number of nitrogens with two attached hydrogens (primary N) is 1. The van der Waals surface area contributed by atoms with Gasteiger partial charge in [0.2, 0.25) is 0 Å². The zero-order valence-electron chi connectivity index (χ0n) is 9.58. The topological polar surface area (TPSA) is 43.8 Å². The van der Waals surface area contributed by atoms with Gasteiger partial charge in [-0.25, -0.2) is 4.68 Å². The van der Waals surface area contributed by atoms with E-state index < -0.39 is 0 Å². The monoisotopic (exact) mass is 279 g/mol. The molecule has 0 saturated heterocycles. The lowest BCUT2D eigenvalue weighted by atomic mass is 10.1. The summed E-state index contributed by atoms with van der Waals surface area (Å²) in [6.07, 6.45) is 0. The average Bonchev–Trinajstić information content (AvgIpc) is 2.43. The van der Waals surface area contributed by atoms with Crippen LogP contribution >= 0.6 is 15.9 Å². The summed E-state index contributed by atoms with van der Waals surface area (Å²) in [7, 11) is 0. The van der Waals surface area contributed by atoms with Crippen LogP contribution in [-0.4, -0.2) is 9.78 Å². The van der Waals surface area contributed by atoms with Crippen molar-refractivity contribution in [2.45, 2.75) is 20.8 Å². The van der Waals surface area contributed by atoms with Crippen LogP contribution in [0.1, 0.15) is 16.8 Å². The van der Waals surface area contributed by atoms with Gasteiger partial charge < -0.3 is 5.73 Å². The molecule has 0 unspecified atom stereocenters. The molecule has 3 nitrogen and oxygen atoms in total. The standard InChI is InChI=1S/C12H14BrN3/c1-7-4-8(2)12(10(13)5-7)16-9(3)6-11(14)15-16/h4-6H,1-3H3,(H2,14,15). The van der Waals surface area contributed by atoms with Crippen LogP contribution in [0.3, 0.4) is 0 Å². The third-order valence-electron chi connectivity index (χ3n) is 2.52. The second kappa shape index (κ2) is 3.94. The minimum atomic E-state index is 0.546. The summed E-state index contributed by atoms with van der Waals surface area (Å²) in [6, 6.07) is 6.09. The van der Waals surface area contributed by atoms with E-state index in [1.807, 2.05) is 17.7 Å². The van der Waals surface area contributed by atoms with E-state index in [4.69, 9.17) is 5.73 Å². The third kappa shape index (κ3) is 1.85. The molecule has 2 aromatic rings. The molecule has 0 fully saturated rings. The highest BCUT2D eigenvalue weighted by molar-refractivity contribution is 9.10. The zero-order chi connectivity index (χ0) is 11.9. The van der Waals surface area contributed by atoms with Crippen molar-refractivity contribution in [2.75, 3.05) is 5.73 Å². The summed E-state index contributed by atoms with van der Waals surface area (Å²) in [4.78, 5) is 0. The Balaban J connectivity index is 2.69. The molecule has 0 aliphatic carbocycles. The molecule has 84 valence electrons. The van der Waals surface area contributed by atoms with Crippen molar-refractivity contribution in [1.82, 2.24) is 9.78 Å². The van der Waals surface area contributed by atoms with Crippen LogP contribution in [0.5, 0.6) is 0 Å². The third-order valence-corrected chi connectivity index (χ3v) is 3.12. The molecular formula is C12H14BrN3. The molecule has 2 rings (SSSR count). The largest absolute Gasteiger partial charge is 0.382 e. The Morgan fingerprint density at radius 3 is 2.38 bits per heavy atom. The van der Waals surface area contributed by atoms with Gasteiger partial charge in [-0.1, -0.05) is 6.07 Å². The van der Waals surface area contributed by atoms with E-state index in [-0.39, 0.29) is 0 Å². The van der Waals surface area contributed by atoms with Gasteiger partial charge in [0.25, 0.3) is 0 Å². The van der Waals surface area contributed by atoms with Gasteiger partial charge in [-0.3, -0.25) is 0 Å². The van der Waals surface area contributed by atoms with Gasteiger partial charge in [-0.2, -0.15) is 5.10 Å². The van der Waals surface area contributed by atoms with E-state index in [9.17, 15) is 0 Å². The van der Waals surface area contributed by atoms with Crippen LogP contribution in [0, 0.1) is 20.8 Å². The molecule has 4 heteroatoms. The Labute approximate surface area is 103 Å². The van der Waals surface area contributed by atoms with Crippen LogP contribution in [0.2, 0.25) is 0 Å². The summed E-state index contributed by atoms with van der Waals surface area (Å²) >= 11 is 3.58. The Bertz CT molecular complexity index is 520. The predicted octanol–water partition coefficient (Wildman–Crippen LogP) is 3.14. The molecule has 0 amide bonds. The molecule has 0 atom stereocenters. The number of hydrogen-bond acceptors (Lipinski definition) is 2. The Morgan fingerprint density at radius 1 is 1.19 bits per heavy atom. The summed E-state index contributed by atoms with van der Waals surface area (Å²) < 4.78 is 2.91. The Kier molecular flexibility index (Phi) is 2.76. The summed E-state index contributed by atoms with van der Waals surface area (Å²) in [5.74, 6) is 0.546. The number of aromatic nitrogens is 2. The van der Waals surface area contributed by atoms with Crippen LogP contribution in [-0.2, 0) is 0 Å². The highest BCUT2D eigenvalue weighted by atomic mass is 79.9. The van der Waals surface area contributed by atoms with E-state index >= 15 is 0 Å². The molecule has 0 radical (unpaired) electrons. The number of nitrogen functional groups attached to an aromatic ring is 1. The van der Waals surface area contributed by atoms with Crippen molar-refractivity contribution in [2.24, 2.45) is 0 Å². The molecule has 1 aromatic heterocycles. The predicted molar refractivity (Wildman–Crippen MR) is 69.9 cm³/mol. The molecule has 0 aliphatic rings. The number of anilines is 1. The number of benzene rings is 1. The summed E-state index contributed by atoms with van der Waals surface area (Å²) in [5.41, 5.74) is 10.2. The number of nitrogens with zero attached hydrogens (tertiary/aromatic N) is 2. The highest BCUT2D eigenvalue weighted by Crippen LogP contribution is 2.27. The van der Waals surface area contributed by atoms with Crippen molar-refractivity contribution in [3.05, 3.63) is 39.5 Å². The molecular weight excluding hydrogens is 266 g/mol. The summed E-state index contributed by atoms with van der Waals surface area (Å²) in [6.45, 7) is 6.14. The van der Waals surface area contributed by atoms with E-state index in [2.05, 4.69) is 47.0 Å². The lowest BCUT2D eigenvalue weighted by molar-refractivity contribution is 0.839. The zero-order valence-corrected chi connectivity index (χ0v) is 11.2. The van der Waals surface area contributed by atoms with Gasteiger partial charge in [0.15, 0.2) is 0 Å². The fourth-order valence-corrected chi connectivity index (χ4v) is 2.74.